The molecule has 1 fully saturated rings. The maximum absolute atomic E-state index is 10.4. The molecule has 0 aromatic heterocycles. The number of rotatable bonds is 2. The third-order valence-electron chi connectivity index (χ3n) is 3.30. The molecular formula is C13H19NO. The molecule has 2 heteroatoms. The second kappa shape index (κ2) is 3.95. The summed E-state index contributed by atoms with van der Waals surface area (Å²) in [7, 11) is 2.07. The average Bonchev–Trinajstić information content (AvgIpc) is 2.51. The highest BCUT2D eigenvalue weighted by Gasteiger charge is 2.34. The fourth-order valence-electron chi connectivity index (χ4n) is 2.37. The van der Waals surface area contributed by atoms with E-state index < -0.39 is 5.60 Å². The van der Waals surface area contributed by atoms with E-state index in [1.165, 1.54) is 11.1 Å². The Labute approximate surface area is 91.5 Å². The van der Waals surface area contributed by atoms with Gasteiger partial charge < -0.3 is 10.0 Å². The zero-order chi connectivity index (χ0) is 10.9. The van der Waals surface area contributed by atoms with Crippen LogP contribution >= 0.6 is 0 Å². The third kappa shape index (κ3) is 2.39. The van der Waals surface area contributed by atoms with Gasteiger partial charge in [-0.15, -0.1) is 0 Å². The van der Waals surface area contributed by atoms with E-state index in [0.29, 0.717) is 0 Å². The second-order valence-electron chi connectivity index (χ2n) is 4.82. The highest BCUT2D eigenvalue weighted by molar-refractivity contribution is 5.27. The van der Waals surface area contributed by atoms with Crippen LogP contribution in [0.15, 0.2) is 24.3 Å². The normalized spacial score (nSPS) is 27.1. The van der Waals surface area contributed by atoms with Crippen LogP contribution in [0.5, 0.6) is 0 Å². The van der Waals surface area contributed by atoms with Crippen molar-refractivity contribution in [3.05, 3.63) is 35.4 Å². The quantitative estimate of drug-likeness (QED) is 0.793. The van der Waals surface area contributed by atoms with E-state index in [4.69, 9.17) is 0 Å². The molecule has 2 nitrogen and oxygen atoms in total. The van der Waals surface area contributed by atoms with Crippen molar-refractivity contribution in [1.29, 1.82) is 0 Å². The number of hydrogen-bond donors (Lipinski definition) is 1. The van der Waals surface area contributed by atoms with Gasteiger partial charge in [-0.25, -0.2) is 0 Å². The van der Waals surface area contributed by atoms with E-state index in [1.807, 2.05) is 12.1 Å². The Bertz CT molecular complexity index is 350. The van der Waals surface area contributed by atoms with Gasteiger partial charge in [-0.2, -0.15) is 0 Å². The Morgan fingerprint density at radius 3 is 2.73 bits per heavy atom. The van der Waals surface area contributed by atoms with Crippen molar-refractivity contribution in [2.75, 3.05) is 20.1 Å². The summed E-state index contributed by atoms with van der Waals surface area (Å²) in [6, 6.07) is 8.32. The summed E-state index contributed by atoms with van der Waals surface area (Å²) in [6.07, 6.45) is 1.67. The van der Waals surface area contributed by atoms with Gasteiger partial charge in [0.15, 0.2) is 0 Å². The first kappa shape index (κ1) is 10.7. The molecular weight excluding hydrogens is 186 g/mol. The average molecular weight is 205 g/mol. The number of β-amino-alcohol motifs (C(OH)–C–C–N with tert-alkyl or cyclic N) is 1. The molecule has 1 aliphatic rings. The fourth-order valence-corrected chi connectivity index (χ4v) is 2.37. The Balaban J connectivity index is 2.12. The van der Waals surface area contributed by atoms with E-state index in [9.17, 15) is 5.11 Å². The van der Waals surface area contributed by atoms with Gasteiger partial charge >= 0.3 is 0 Å². The standard InChI is InChI=1S/C13H19NO/c1-11-5-3-4-6-12(11)9-13(15)7-8-14(2)10-13/h3-6,15H,7-10H2,1-2H3. The number of hydrogen-bond acceptors (Lipinski definition) is 2. The van der Waals surface area contributed by atoms with Crippen LogP contribution in [0.2, 0.25) is 0 Å². The maximum Gasteiger partial charge on any atom is 0.0826 e. The molecule has 15 heavy (non-hydrogen) atoms. The van der Waals surface area contributed by atoms with Crippen LogP contribution in [-0.2, 0) is 6.42 Å². The van der Waals surface area contributed by atoms with Crippen molar-refractivity contribution < 1.29 is 5.11 Å². The van der Waals surface area contributed by atoms with E-state index in [-0.39, 0.29) is 0 Å². The first-order chi connectivity index (χ1) is 7.09. The molecule has 1 heterocycles. The van der Waals surface area contributed by atoms with Crippen LogP contribution in [0.25, 0.3) is 0 Å². The molecule has 0 saturated carbocycles. The van der Waals surface area contributed by atoms with Gasteiger partial charge in [0.25, 0.3) is 0 Å². The topological polar surface area (TPSA) is 23.5 Å². The predicted molar refractivity (Wildman–Crippen MR) is 61.9 cm³/mol. The number of benzene rings is 1. The Morgan fingerprint density at radius 1 is 1.40 bits per heavy atom. The lowest BCUT2D eigenvalue weighted by molar-refractivity contribution is 0.0522. The Morgan fingerprint density at radius 2 is 2.13 bits per heavy atom. The van der Waals surface area contributed by atoms with E-state index in [1.54, 1.807) is 0 Å². The molecule has 1 saturated heterocycles. The summed E-state index contributed by atoms with van der Waals surface area (Å²) >= 11 is 0. The zero-order valence-corrected chi connectivity index (χ0v) is 9.53. The molecule has 82 valence electrons. The lowest BCUT2D eigenvalue weighted by atomic mass is 9.91. The summed E-state index contributed by atoms with van der Waals surface area (Å²) in [5.41, 5.74) is 2.04. The van der Waals surface area contributed by atoms with Crippen LogP contribution in [-0.4, -0.2) is 35.7 Å². The SMILES string of the molecule is Cc1ccccc1CC1(O)CCN(C)C1. The molecule has 2 rings (SSSR count). The molecule has 1 aliphatic heterocycles. The van der Waals surface area contributed by atoms with Crippen LogP contribution < -0.4 is 0 Å². The minimum absolute atomic E-state index is 0.513. The summed E-state index contributed by atoms with van der Waals surface area (Å²) in [5, 5.41) is 10.4. The fraction of sp³-hybridized carbons (Fsp3) is 0.538. The number of nitrogens with zero attached hydrogens (tertiary/aromatic N) is 1. The first-order valence-electron chi connectivity index (χ1n) is 5.54. The number of likely N-dealkylation sites (tertiary alicyclic amines) is 1. The Kier molecular flexibility index (Phi) is 2.81. The smallest absolute Gasteiger partial charge is 0.0826 e. The van der Waals surface area contributed by atoms with Gasteiger partial charge in [0.1, 0.15) is 0 Å². The van der Waals surface area contributed by atoms with E-state index >= 15 is 0 Å². The van der Waals surface area contributed by atoms with Crippen molar-refractivity contribution in [2.45, 2.75) is 25.4 Å². The van der Waals surface area contributed by atoms with Crippen molar-refractivity contribution in [2.24, 2.45) is 0 Å². The monoisotopic (exact) mass is 205 g/mol. The zero-order valence-electron chi connectivity index (χ0n) is 9.53. The van der Waals surface area contributed by atoms with Crippen LogP contribution in [0, 0.1) is 6.92 Å². The molecule has 1 N–H and O–H groups in total. The lowest BCUT2D eigenvalue weighted by Crippen LogP contribution is -2.34. The minimum Gasteiger partial charge on any atom is -0.388 e. The van der Waals surface area contributed by atoms with Crippen molar-refractivity contribution >= 4 is 0 Å². The predicted octanol–water partition coefficient (Wildman–Crippen LogP) is 1.60. The summed E-state index contributed by atoms with van der Waals surface area (Å²) in [6.45, 7) is 3.90. The van der Waals surface area contributed by atoms with Crippen LogP contribution in [0.4, 0.5) is 0 Å². The number of aliphatic hydroxyl groups is 1. The molecule has 0 bridgehead atoms. The summed E-state index contributed by atoms with van der Waals surface area (Å²) in [5.74, 6) is 0. The number of likely N-dealkylation sites (N-methyl/N-ethyl adjacent to an activating group) is 1. The lowest BCUT2D eigenvalue weighted by Gasteiger charge is -2.23. The second-order valence-corrected chi connectivity index (χ2v) is 4.82. The summed E-state index contributed by atoms with van der Waals surface area (Å²) < 4.78 is 0. The van der Waals surface area contributed by atoms with Gasteiger partial charge in [0, 0.05) is 19.5 Å². The van der Waals surface area contributed by atoms with E-state index in [2.05, 4.69) is 31.0 Å². The van der Waals surface area contributed by atoms with Crippen LogP contribution in [0.1, 0.15) is 17.5 Å². The number of aryl methyl sites for hydroxylation is 1. The highest BCUT2D eigenvalue weighted by atomic mass is 16.3. The van der Waals surface area contributed by atoms with E-state index in [0.717, 1.165) is 25.9 Å². The van der Waals surface area contributed by atoms with Crippen molar-refractivity contribution in [3.63, 3.8) is 0 Å². The van der Waals surface area contributed by atoms with Gasteiger partial charge in [-0.05, 0) is 31.5 Å². The van der Waals surface area contributed by atoms with Gasteiger partial charge in [-0.3, -0.25) is 0 Å². The highest BCUT2D eigenvalue weighted by Crippen LogP contribution is 2.25. The molecule has 1 atom stereocenters. The molecule has 0 spiro atoms. The molecule has 0 aliphatic carbocycles. The molecule has 1 aromatic carbocycles. The molecule has 1 unspecified atom stereocenters. The molecule has 0 amide bonds. The third-order valence-corrected chi connectivity index (χ3v) is 3.30. The molecule has 0 radical (unpaired) electrons. The minimum atomic E-state index is -0.513. The van der Waals surface area contributed by atoms with Gasteiger partial charge in [-0.1, -0.05) is 24.3 Å². The van der Waals surface area contributed by atoms with Crippen LogP contribution in [0.3, 0.4) is 0 Å². The van der Waals surface area contributed by atoms with Crippen molar-refractivity contribution in [1.82, 2.24) is 4.90 Å². The van der Waals surface area contributed by atoms with Gasteiger partial charge in [0.2, 0.25) is 0 Å². The Hall–Kier alpha value is -0.860. The summed E-state index contributed by atoms with van der Waals surface area (Å²) in [4.78, 5) is 2.19. The van der Waals surface area contributed by atoms with Gasteiger partial charge in [0.05, 0.1) is 5.60 Å². The van der Waals surface area contributed by atoms with Crippen molar-refractivity contribution in [3.8, 4) is 0 Å². The largest absolute Gasteiger partial charge is 0.388 e. The first-order valence-corrected chi connectivity index (χ1v) is 5.54. The molecule has 1 aromatic rings. The maximum atomic E-state index is 10.4.